The van der Waals surface area contributed by atoms with E-state index in [1.54, 1.807) is 31.2 Å². The lowest BCUT2D eigenvalue weighted by molar-refractivity contribution is -0.137. The van der Waals surface area contributed by atoms with Crippen LogP contribution in [0.3, 0.4) is 0 Å². The zero-order chi connectivity index (χ0) is 21.7. The summed E-state index contributed by atoms with van der Waals surface area (Å²) in [5.41, 5.74) is 6.21. The number of benzene rings is 2. The lowest BCUT2D eigenvalue weighted by Crippen LogP contribution is -2.10. The molecule has 0 unspecified atom stereocenters. The Morgan fingerprint density at radius 3 is 2.47 bits per heavy atom. The number of ether oxygens (including phenoxy) is 1. The minimum atomic E-state index is -4.47. The summed E-state index contributed by atoms with van der Waals surface area (Å²) in [5, 5.41) is 5.71. The fourth-order valence-corrected chi connectivity index (χ4v) is 2.61. The lowest BCUT2D eigenvalue weighted by Gasteiger charge is -2.15. The van der Waals surface area contributed by atoms with Gasteiger partial charge in [-0.15, -0.1) is 0 Å². The molecule has 0 amide bonds. The van der Waals surface area contributed by atoms with Gasteiger partial charge in [-0.2, -0.15) is 13.2 Å². The minimum absolute atomic E-state index is 0.0635. The normalized spacial score (nSPS) is 11.1. The third-order valence-electron chi connectivity index (χ3n) is 4.01. The van der Waals surface area contributed by atoms with Crippen LogP contribution in [0.1, 0.15) is 22.8 Å². The highest BCUT2D eigenvalue weighted by Crippen LogP contribution is 2.33. The molecular weight excluding hydrogens is 399 g/mol. The van der Waals surface area contributed by atoms with Crippen LogP contribution in [0, 0.1) is 0 Å². The molecule has 1 heterocycles. The van der Waals surface area contributed by atoms with Crippen LogP contribution in [0.25, 0.3) is 0 Å². The standard InChI is InChI=1S/C20H18F3N5O2/c1-2-30-19(29)14-8-3-4-9-15(14)28-18-16(24)17(25-11-26-18)27-13-7-5-6-12(10-13)20(21,22)23/h3-11H,2,24H2,1H3,(H2,25,26,27,28). The van der Waals surface area contributed by atoms with Crippen molar-refractivity contribution in [3.63, 3.8) is 0 Å². The summed E-state index contributed by atoms with van der Waals surface area (Å²) in [6.45, 7) is 1.91. The van der Waals surface area contributed by atoms with E-state index < -0.39 is 17.7 Å². The molecule has 0 saturated heterocycles. The molecule has 3 aromatic rings. The Morgan fingerprint density at radius 1 is 1.07 bits per heavy atom. The molecule has 0 spiro atoms. The Balaban J connectivity index is 1.88. The molecule has 3 rings (SSSR count). The molecule has 0 aliphatic rings. The van der Waals surface area contributed by atoms with Gasteiger partial charge in [0.15, 0.2) is 11.6 Å². The number of para-hydroxylation sites is 1. The summed E-state index contributed by atoms with van der Waals surface area (Å²) >= 11 is 0. The topological polar surface area (TPSA) is 102 Å². The highest BCUT2D eigenvalue weighted by atomic mass is 19.4. The van der Waals surface area contributed by atoms with E-state index in [2.05, 4.69) is 20.6 Å². The number of nitrogens with zero attached hydrogens (tertiary/aromatic N) is 2. The molecule has 10 heteroatoms. The van der Waals surface area contributed by atoms with Crippen molar-refractivity contribution in [3.8, 4) is 0 Å². The van der Waals surface area contributed by atoms with Crippen molar-refractivity contribution in [2.75, 3.05) is 23.0 Å². The highest BCUT2D eigenvalue weighted by molar-refractivity contribution is 5.97. The number of nitrogen functional groups attached to an aromatic ring is 1. The minimum Gasteiger partial charge on any atom is -0.462 e. The van der Waals surface area contributed by atoms with E-state index in [0.717, 1.165) is 12.1 Å². The highest BCUT2D eigenvalue weighted by Gasteiger charge is 2.30. The SMILES string of the molecule is CCOC(=O)c1ccccc1Nc1ncnc(Nc2cccc(C(F)(F)F)c2)c1N. The molecule has 7 nitrogen and oxygen atoms in total. The van der Waals surface area contributed by atoms with Crippen molar-refractivity contribution in [2.45, 2.75) is 13.1 Å². The predicted molar refractivity (Wildman–Crippen MR) is 107 cm³/mol. The van der Waals surface area contributed by atoms with Crippen LogP contribution in [-0.2, 0) is 10.9 Å². The number of alkyl halides is 3. The van der Waals surface area contributed by atoms with E-state index in [-0.39, 0.29) is 35.2 Å². The predicted octanol–water partition coefficient (Wildman–Crippen LogP) is 4.74. The monoisotopic (exact) mass is 417 g/mol. The zero-order valence-corrected chi connectivity index (χ0v) is 15.8. The van der Waals surface area contributed by atoms with Crippen molar-refractivity contribution in [1.82, 2.24) is 9.97 Å². The summed E-state index contributed by atoms with van der Waals surface area (Å²) in [7, 11) is 0. The molecule has 0 aliphatic heterocycles. The van der Waals surface area contributed by atoms with Gasteiger partial charge in [-0.1, -0.05) is 18.2 Å². The Labute approximate surface area is 170 Å². The van der Waals surface area contributed by atoms with Gasteiger partial charge in [0, 0.05) is 5.69 Å². The Bertz CT molecular complexity index is 1060. The number of carbonyl (C=O) groups is 1. The third-order valence-corrected chi connectivity index (χ3v) is 4.01. The smallest absolute Gasteiger partial charge is 0.416 e. The van der Waals surface area contributed by atoms with Crippen LogP contribution in [0.5, 0.6) is 0 Å². The molecule has 0 fully saturated rings. The van der Waals surface area contributed by atoms with Crippen LogP contribution in [0.4, 0.5) is 41.9 Å². The number of aromatic nitrogens is 2. The van der Waals surface area contributed by atoms with Gasteiger partial charge < -0.3 is 21.1 Å². The Hall–Kier alpha value is -3.82. The van der Waals surface area contributed by atoms with Crippen LogP contribution in [0.2, 0.25) is 0 Å². The summed E-state index contributed by atoms with van der Waals surface area (Å²) in [6.07, 6.45) is -3.28. The number of carbonyl (C=O) groups excluding carboxylic acids is 1. The van der Waals surface area contributed by atoms with Crippen LogP contribution in [0.15, 0.2) is 54.9 Å². The van der Waals surface area contributed by atoms with E-state index >= 15 is 0 Å². The van der Waals surface area contributed by atoms with Crippen molar-refractivity contribution in [1.29, 1.82) is 0 Å². The number of hydrogen-bond acceptors (Lipinski definition) is 7. The summed E-state index contributed by atoms with van der Waals surface area (Å²) < 4.78 is 43.8. The maximum absolute atomic E-state index is 12.9. The van der Waals surface area contributed by atoms with E-state index in [1.807, 2.05) is 0 Å². The van der Waals surface area contributed by atoms with Crippen molar-refractivity contribution >= 4 is 34.7 Å². The first-order valence-electron chi connectivity index (χ1n) is 8.87. The number of hydrogen-bond donors (Lipinski definition) is 3. The van der Waals surface area contributed by atoms with Crippen LogP contribution >= 0.6 is 0 Å². The number of nitrogens with two attached hydrogens (primary N) is 1. The number of nitrogens with one attached hydrogen (secondary N) is 2. The van der Waals surface area contributed by atoms with Gasteiger partial charge >= 0.3 is 12.1 Å². The number of halogens is 3. The number of rotatable bonds is 6. The van der Waals surface area contributed by atoms with Gasteiger partial charge in [0.1, 0.15) is 12.0 Å². The molecule has 2 aromatic carbocycles. The van der Waals surface area contributed by atoms with Crippen LogP contribution in [-0.4, -0.2) is 22.5 Å². The average molecular weight is 417 g/mol. The fourth-order valence-electron chi connectivity index (χ4n) is 2.61. The van der Waals surface area contributed by atoms with E-state index in [9.17, 15) is 18.0 Å². The molecular formula is C20H18F3N5O2. The van der Waals surface area contributed by atoms with Gasteiger partial charge in [0.05, 0.1) is 23.4 Å². The van der Waals surface area contributed by atoms with Crippen molar-refractivity contribution in [3.05, 3.63) is 66.0 Å². The van der Waals surface area contributed by atoms with Gasteiger partial charge in [0.25, 0.3) is 0 Å². The Kier molecular flexibility index (Phi) is 6.05. The average Bonchev–Trinajstić information content (AvgIpc) is 2.71. The first-order valence-corrected chi connectivity index (χ1v) is 8.87. The fraction of sp³-hybridized carbons (Fsp3) is 0.150. The number of anilines is 5. The van der Waals surface area contributed by atoms with Crippen molar-refractivity contribution in [2.24, 2.45) is 0 Å². The van der Waals surface area contributed by atoms with Gasteiger partial charge in [0.2, 0.25) is 0 Å². The third kappa shape index (κ3) is 4.77. The van der Waals surface area contributed by atoms with E-state index in [0.29, 0.717) is 5.69 Å². The van der Waals surface area contributed by atoms with Gasteiger partial charge in [-0.25, -0.2) is 14.8 Å². The second-order valence-electron chi connectivity index (χ2n) is 6.08. The summed E-state index contributed by atoms with van der Waals surface area (Å²) in [6, 6.07) is 11.3. The number of esters is 1. The molecule has 30 heavy (non-hydrogen) atoms. The quantitative estimate of drug-likeness (QED) is 0.498. The first kappa shape index (κ1) is 20.9. The lowest BCUT2D eigenvalue weighted by atomic mass is 10.1. The molecule has 156 valence electrons. The molecule has 0 atom stereocenters. The maximum atomic E-state index is 12.9. The molecule has 0 bridgehead atoms. The Morgan fingerprint density at radius 2 is 1.77 bits per heavy atom. The second kappa shape index (κ2) is 8.68. The van der Waals surface area contributed by atoms with E-state index in [4.69, 9.17) is 10.5 Å². The zero-order valence-electron chi connectivity index (χ0n) is 15.8. The summed E-state index contributed by atoms with van der Waals surface area (Å²) in [4.78, 5) is 20.2. The van der Waals surface area contributed by atoms with Gasteiger partial charge in [-0.3, -0.25) is 0 Å². The second-order valence-corrected chi connectivity index (χ2v) is 6.08. The van der Waals surface area contributed by atoms with E-state index in [1.165, 1.54) is 18.5 Å². The van der Waals surface area contributed by atoms with Crippen molar-refractivity contribution < 1.29 is 22.7 Å². The molecule has 4 N–H and O–H groups in total. The first-order chi connectivity index (χ1) is 14.3. The maximum Gasteiger partial charge on any atom is 0.416 e. The largest absolute Gasteiger partial charge is 0.462 e. The molecule has 0 aliphatic carbocycles. The van der Waals surface area contributed by atoms with Crippen LogP contribution < -0.4 is 16.4 Å². The molecule has 0 saturated carbocycles. The molecule has 1 aromatic heterocycles. The molecule has 0 radical (unpaired) electrons. The summed E-state index contributed by atoms with van der Waals surface area (Å²) in [5.74, 6) is -0.229. The van der Waals surface area contributed by atoms with Gasteiger partial charge in [-0.05, 0) is 37.3 Å².